The van der Waals surface area contributed by atoms with Crippen LogP contribution in [-0.2, 0) is 0 Å². The highest BCUT2D eigenvalue weighted by Gasteiger charge is 2.12. The van der Waals surface area contributed by atoms with E-state index in [-0.39, 0.29) is 21.8 Å². The van der Waals surface area contributed by atoms with E-state index in [1.165, 1.54) is 18.3 Å². The highest BCUT2D eigenvalue weighted by molar-refractivity contribution is 6.32. The predicted octanol–water partition coefficient (Wildman–Crippen LogP) is 2.57. The van der Waals surface area contributed by atoms with Crippen molar-refractivity contribution in [1.29, 1.82) is 0 Å². The van der Waals surface area contributed by atoms with Crippen molar-refractivity contribution in [2.24, 2.45) is 0 Å². The number of rotatable bonds is 2. The molecule has 0 unspecified atom stereocenters. The van der Waals surface area contributed by atoms with Crippen LogP contribution in [0.1, 0.15) is 10.4 Å². The van der Waals surface area contributed by atoms with Gasteiger partial charge < -0.3 is 5.32 Å². The van der Waals surface area contributed by atoms with Gasteiger partial charge in [-0.05, 0) is 17.7 Å². The Morgan fingerprint density at radius 1 is 1.33 bits per heavy atom. The van der Waals surface area contributed by atoms with Gasteiger partial charge in [0.05, 0.1) is 11.8 Å². The van der Waals surface area contributed by atoms with Crippen molar-refractivity contribution in [3.63, 3.8) is 0 Å². The molecule has 0 atom stereocenters. The summed E-state index contributed by atoms with van der Waals surface area (Å²) in [6, 6.07) is 2.54. The van der Waals surface area contributed by atoms with Gasteiger partial charge in [0.2, 0.25) is 5.28 Å². The normalized spacial score (nSPS) is 10.2. The Hall–Kier alpha value is -1.79. The lowest BCUT2D eigenvalue weighted by Gasteiger charge is -2.05. The first-order valence-electron chi connectivity index (χ1n) is 4.67. The maximum Gasteiger partial charge on any atom is 0.259 e. The van der Waals surface area contributed by atoms with Crippen LogP contribution in [0.2, 0.25) is 10.4 Å². The highest BCUT2D eigenvalue weighted by Crippen LogP contribution is 2.15. The van der Waals surface area contributed by atoms with Gasteiger partial charge in [-0.2, -0.15) is 0 Å². The maximum atomic E-state index is 13.3. The number of aromatic nitrogens is 3. The SMILES string of the molecule is O=C(Nc1cc(Cl)nc(Cl)n1)c1ccncc1F. The lowest BCUT2D eigenvalue weighted by atomic mass is 10.2. The number of nitrogens with zero attached hydrogens (tertiary/aromatic N) is 3. The quantitative estimate of drug-likeness (QED) is 0.681. The fourth-order valence-corrected chi connectivity index (χ4v) is 1.61. The zero-order chi connectivity index (χ0) is 13.1. The van der Waals surface area contributed by atoms with Crippen molar-refractivity contribution in [1.82, 2.24) is 15.0 Å². The molecule has 1 amide bonds. The topological polar surface area (TPSA) is 67.8 Å². The summed E-state index contributed by atoms with van der Waals surface area (Å²) in [6.07, 6.45) is 2.24. The van der Waals surface area contributed by atoms with E-state index in [0.717, 1.165) is 6.20 Å². The van der Waals surface area contributed by atoms with Gasteiger partial charge in [0.25, 0.3) is 5.91 Å². The Labute approximate surface area is 111 Å². The largest absolute Gasteiger partial charge is 0.306 e. The second-order valence-corrected chi connectivity index (χ2v) is 3.88. The van der Waals surface area contributed by atoms with Gasteiger partial charge in [-0.25, -0.2) is 14.4 Å². The molecule has 0 aromatic carbocycles. The number of carbonyl (C=O) groups is 1. The number of amides is 1. The molecule has 0 aliphatic carbocycles. The number of nitrogens with one attached hydrogen (secondary N) is 1. The van der Waals surface area contributed by atoms with Gasteiger partial charge in [-0.15, -0.1) is 0 Å². The molecule has 0 aliphatic rings. The van der Waals surface area contributed by atoms with Crippen LogP contribution in [0.3, 0.4) is 0 Å². The fourth-order valence-electron chi connectivity index (χ4n) is 1.20. The van der Waals surface area contributed by atoms with E-state index >= 15 is 0 Å². The van der Waals surface area contributed by atoms with Crippen LogP contribution in [0.4, 0.5) is 10.2 Å². The number of anilines is 1. The Morgan fingerprint density at radius 2 is 2.11 bits per heavy atom. The monoisotopic (exact) mass is 286 g/mol. The van der Waals surface area contributed by atoms with Crippen molar-refractivity contribution < 1.29 is 9.18 Å². The lowest BCUT2D eigenvalue weighted by Crippen LogP contribution is -2.15. The maximum absolute atomic E-state index is 13.3. The first kappa shape index (κ1) is 12.7. The first-order chi connectivity index (χ1) is 8.56. The minimum atomic E-state index is -0.735. The summed E-state index contributed by atoms with van der Waals surface area (Å²) in [6.45, 7) is 0. The molecule has 2 heterocycles. The first-order valence-corrected chi connectivity index (χ1v) is 5.43. The average molecular weight is 287 g/mol. The minimum absolute atomic E-state index is 0.0699. The van der Waals surface area contributed by atoms with Gasteiger partial charge in [-0.3, -0.25) is 9.78 Å². The molecule has 2 aromatic heterocycles. The summed E-state index contributed by atoms with van der Waals surface area (Å²) in [5, 5.41) is 2.31. The van der Waals surface area contributed by atoms with Crippen LogP contribution in [0.25, 0.3) is 0 Å². The fraction of sp³-hybridized carbons (Fsp3) is 0. The van der Waals surface area contributed by atoms with Gasteiger partial charge in [0, 0.05) is 12.3 Å². The van der Waals surface area contributed by atoms with E-state index in [1.807, 2.05) is 0 Å². The molecule has 5 nitrogen and oxygen atoms in total. The van der Waals surface area contributed by atoms with E-state index in [4.69, 9.17) is 23.2 Å². The molecule has 0 aliphatic heterocycles. The predicted molar refractivity (Wildman–Crippen MR) is 64.2 cm³/mol. The number of carbonyl (C=O) groups excluding carboxylic acids is 1. The van der Waals surface area contributed by atoms with Crippen molar-refractivity contribution in [2.45, 2.75) is 0 Å². The Kier molecular flexibility index (Phi) is 3.69. The molecule has 1 N–H and O–H groups in total. The van der Waals surface area contributed by atoms with Crippen LogP contribution < -0.4 is 5.32 Å². The molecule has 18 heavy (non-hydrogen) atoms. The van der Waals surface area contributed by atoms with E-state index < -0.39 is 11.7 Å². The second-order valence-electron chi connectivity index (χ2n) is 3.15. The van der Waals surface area contributed by atoms with Crippen LogP contribution in [0, 0.1) is 5.82 Å². The molecule has 0 saturated heterocycles. The third-order valence-electron chi connectivity index (χ3n) is 1.93. The van der Waals surface area contributed by atoms with Gasteiger partial charge in [-0.1, -0.05) is 11.6 Å². The Balaban J connectivity index is 2.24. The molecule has 92 valence electrons. The minimum Gasteiger partial charge on any atom is -0.306 e. The molecular weight excluding hydrogens is 282 g/mol. The number of hydrogen-bond donors (Lipinski definition) is 1. The number of pyridine rings is 1. The number of halogens is 3. The summed E-state index contributed by atoms with van der Waals surface area (Å²) in [5.41, 5.74) is -0.157. The van der Waals surface area contributed by atoms with E-state index in [1.54, 1.807) is 0 Å². The molecule has 0 spiro atoms. The van der Waals surface area contributed by atoms with Crippen LogP contribution >= 0.6 is 23.2 Å². The smallest absolute Gasteiger partial charge is 0.259 e. The van der Waals surface area contributed by atoms with Gasteiger partial charge in [0.15, 0.2) is 5.82 Å². The zero-order valence-corrected chi connectivity index (χ0v) is 10.2. The Bertz CT molecular complexity index is 588. The highest BCUT2D eigenvalue weighted by atomic mass is 35.5. The summed E-state index contributed by atoms with van der Waals surface area (Å²) in [5.74, 6) is -1.33. The lowest BCUT2D eigenvalue weighted by molar-refractivity contribution is 0.102. The van der Waals surface area contributed by atoms with Crippen LogP contribution in [-0.4, -0.2) is 20.9 Å². The van der Waals surface area contributed by atoms with Crippen molar-refractivity contribution >= 4 is 34.9 Å². The second kappa shape index (κ2) is 5.24. The molecule has 2 aromatic rings. The van der Waals surface area contributed by atoms with Crippen molar-refractivity contribution in [3.05, 3.63) is 46.3 Å². The molecule has 2 rings (SSSR count). The third-order valence-corrected chi connectivity index (χ3v) is 2.29. The van der Waals surface area contributed by atoms with E-state index in [0.29, 0.717) is 0 Å². The molecule has 8 heteroatoms. The molecular formula is C10H5Cl2FN4O. The summed E-state index contributed by atoms with van der Waals surface area (Å²) in [7, 11) is 0. The molecule has 0 radical (unpaired) electrons. The summed E-state index contributed by atoms with van der Waals surface area (Å²) < 4.78 is 13.3. The van der Waals surface area contributed by atoms with Crippen LogP contribution in [0.15, 0.2) is 24.5 Å². The number of hydrogen-bond acceptors (Lipinski definition) is 4. The Morgan fingerprint density at radius 3 is 2.78 bits per heavy atom. The van der Waals surface area contributed by atoms with E-state index in [2.05, 4.69) is 20.3 Å². The van der Waals surface area contributed by atoms with Crippen molar-refractivity contribution in [3.8, 4) is 0 Å². The zero-order valence-electron chi connectivity index (χ0n) is 8.69. The summed E-state index contributed by atoms with van der Waals surface area (Å²) >= 11 is 11.2. The van der Waals surface area contributed by atoms with E-state index in [9.17, 15) is 9.18 Å². The molecule has 0 saturated carbocycles. The molecule has 0 bridgehead atoms. The third kappa shape index (κ3) is 2.91. The van der Waals surface area contributed by atoms with Gasteiger partial charge in [0.1, 0.15) is 11.0 Å². The average Bonchev–Trinajstić information content (AvgIpc) is 2.27. The van der Waals surface area contributed by atoms with Crippen molar-refractivity contribution in [2.75, 3.05) is 5.32 Å². The summed E-state index contributed by atoms with van der Waals surface area (Å²) in [4.78, 5) is 22.6. The standard InChI is InChI=1S/C10H5Cl2FN4O/c11-7-3-8(17-10(12)15-7)16-9(18)5-1-2-14-4-6(5)13/h1-4H,(H,15,16,17,18). The molecule has 0 fully saturated rings. The van der Waals surface area contributed by atoms with Gasteiger partial charge >= 0.3 is 0 Å². The van der Waals surface area contributed by atoms with Crippen LogP contribution in [0.5, 0.6) is 0 Å².